The van der Waals surface area contributed by atoms with Crippen LogP contribution >= 0.6 is 12.4 Å². The third kappa shape index (κ3) is 3.13. The van der Waals surface area contributed by atoms with Crippen molar-refractivity contribution >= 4 is 35.0 Å². The van der Waals surface area contributed by atoms with Crippen LogP contribution in [0.3, 0.4) is 0 Å². The van der Waals surface area contributed by atoms with E-state index in [9.17, 15) is 14.7 Å². The van der Waals surface area contributed by atoms with E-state index in [1.807, 2.05) is 0 Å². The molecule has 3 aliphatic rings. The molecule has 2 aromatic rings. The van der Waals surface area contributed by atoms with Crippen LogP contribution in [-0.2, 0) is 0 Å². The van der Waals surface area contributed by atoms with Crippen molar-refractivity contribution in [3.05, 3.63) is 33.9 Å². The average Bonchev–Trinajstić information content (AvgIpc) is 3.43. The smallest absolute Gasteiger partial charge is 0.341 e. The number of carbonyl (C=O) groups is 1. The number of fused-ring (bicyclic) bond motifs is 2. The lowest BCUT2D eigenvalue weighted by molar-refractivity contribution is 0.0695. The van der Waals surface area contributed by atoms with Gasteiger partial charge in [0.25, 0.3) is 0 Å². The van der Waals surface area contributed by atoms with E-state index in [1.54, 1.807) is 4.57 Å². The van der Waals surface area contributed by atoms with Gasteiger partial charge in [-0.1, -0.05) is 0 Å². The quantitative estimate of drug-likeness (QED) is 0.765. The number of nitrogens with zero attached hydrogens (tertiary/aromatic N) is 2. The molecular formula is C21H25ClFN3O4. The highest BCUT2D eigenvalue weighted by Gasteiger charge is 2.39. The molecular weight excluding hydrogens is 413 g/mol. The first-order valence-corrected chi connectivity index (χ1v) is 10.2. The molecule has 1 aromatic heterocycles. The van der Waals surface area contributed by atoms with Gasteiger partial charge in [0.15, 0.2) is 11.6 Å². The first-order valence-electron chi connectivity index (χ1n) is 10.2. The molecule has 5 rings (SSSR count). The van der Waals surface area contributed by atoms with Gasteiger partial charge in [-0.25, -0.2) is 9.18 Å². The largest absolute Gasteiger partial charge is 0.492 e. The van der Waals surface area contributed by atoms with E-state index in [2.05, 4.69) is 10.2 Å². The number of aromatic carboxylic acids is 1. The number of halogens is 2. The van der Waals surface area contributed by atoms with Crippen molar-refractivity contribution in [3.8, 4) is 5.75 Å². The Morgan fingerprint density at radius 3 is 2.73 bits per heavy atom. The summed E-state index contributed by atoms with van der Waals surface area (Å²) in [6.45, 7) is 2.44. The van der Waals surface area contributed by atoms with Crippen LogP contribution in [0.2, 0.25) is 0 Å². The second kappa shape index (κ2) is 7.74. The number of piperidine rings is 1. The number of benzene rings is 1. The number of nitrogens with one attached hydrogen (secondary N) is 1. The van der Waals surface area contributed by atoms with E-state index in [0.29, 0.717) is 22.9 Å². The summed E-state index contributed by atoms with van der Waals surface area (Å²) in [7, 11) is 1.48. The van der Waals surface area contributed by atoms with Crippen molar-refractivity contribution in [2.75, 3.05) is 31.6 Å². The zero-order valence-electron chi connectivity index (χ0n) is 16.7. The highest BCUT2D eigenvalue weighted by molar-refractivity contribution is 5.97. The van der Waals surface area contributed by atoms with Crippen molar-refractivity contribution < 1.29 is 19.0 Å². The summed E-state index contributed by atoms with van der Waals surface area (Å²) < 4.78 is 22.9. The third-order valence-electron chi connectivity index (χ3n) is 6.54. The molecule has 162 valence electrons. The van der Waals surface area contributed by atoms with Crippen LogP contribution in [0, 0.1) is 11.7 Å². The predicted octanol–water partition coefficient (Wildman–Crippen LogP) is 2.79. The molecule has 0 radical (unpaired) electrons. The number of hydrogen-bond acceptors (Lipinski definition) is 5. The number of carboxylic acids is 1. The van der Waals surface area contributed by atoms with Gasteiger partial charge in [-0.15, -0.1) is 12.4 Å². The molecule has 2 aliphatic heterocycles. The predicted molar refractivity (Wildman–Crippen MR) is 114 cm³/mol. The summed E-state index contributed by atoms with van der Waals surface area (Å²) in [6.07, 6.45) is 5.26. The van der Waals surface area contributed by atoms with E-state index < -0.39 is 17.2 Å². The van der Waals surface area contributed by atoms with Crippen molar-refractivity contribution in [2.45, 2.75) is 37.8 Å². The number of pyridine rings is 1. The molecule has 1 aliphatic carbocycles. The van der Waals surface area contributed by atoms with Crippen LogP contribution in [0.15, 0.2) is 17.1 Å². The number of rotatable bonds is 4. The molecule has 7 nitrogen and oxygen atoms in total. The fourth-order valence-corrected chi connectivity index (χ4v) is 5.04. The molecule has 3 heterocycles. The molecule has 2 saturated heterocycles. The second-order valence-electron chi connectivity index (χ2n) is 8.27. The van der Waals surface area contributed by atoms with E-state index >= 15 is 4.39 Å². The highest BCUT2D eigenvalue weighted by atomic mass is 35.5. The lowest BCUT2D eigenvalue weighted by atomic mass is 9.91. The zero-order valence-corrected chi connectivity index (χ0v) is 17.5. The summed E-state index contributed by atoms with van der Waals surface area (Å²) in [5.41, 5.74) is -0.131. The van der Waals surface area contributed by atoms with E-state index in [4.69, 9.17) is 4.74 Å². The SMILES string of the molecule is COc1c(N2CCC[C@H]3CNC[C@H]32)c(F)cc2c(=O)c(C(=O)O)cn(C3CC3)c12.Cl. The minimum absolute atomic E-state index is 0. The molecule has 30 heavy (non-hydrogen) atoms. The summed E-state index contributed by atoms with van der Waals surface area (Å²) in [4.78, 5) is 26.5. The molecule has 0 bridgehead atoms. The van der Waals surface area contributed by atoms with Gasteiger partial charge in [0.05, 0.1) is 18.0 Å². The van der Waals surface area contributed by atoms with Gasteiger partial charge >= 0.3 is 5.97 Å². The van der Waals surface area contributed by atoms with Crippen LogP contribution < -0.4 is 20.4 Å². The standard InChI is InChI=1S/C21H24FN3O4.ClH/c1-29-20-17-13(19(26)14(21(27)28)10-25(17)12-4-5-12)7-15(22)18(20)24-6-2-3-11-8-23-9-16(11)24;/h7,10-12,16,23H,2-6,8-9H2,1H3,(H,27,28);1H/t11-,16+;/m0./s1. The van der Waals surface area contributed by atoms with Gasteiger partial charge in [0.2, 0.25) is 5.43 Å². The Bertz CT molecular complexity index is 1070. The average molecular weight is 438 g/mol. The van der Waals surface area contributed by atoms with Crippen molar-refractivity contribution in [3.63, 3.8) is 0 Å². The Kier molecular flexibility index (Phi) is 5.40. The summed E-state index contributed by atoms with van der Waals surface area (Å²) in [6, 6.07) is 1.49. The maximum atomic E-state index is 15.4. The molecule has 3 fully saturated rings. The molecule has 9 heteroatoms. The van der Waals surface area contributed by atoms with Crippen LogP contribution in [0.5, 0.6) is 5.75 Å². The first kappa shape index (κ1) is 20.9. The maximum absolute atomic E-state index is 15.4. The number of anilines is 1. The van der Waals surface area contributed by atoms with Crippen molar-refractivity contribution in [1.82, 2.24) is 9.88 Å². The van der Waals surface area contributed by atoms with E-state index in [1.165, 1.54) is 19.4 Å². The molecule has 0 amide bonds. The number of ether oxygens (including phenoxy) is 1. The highest BCUT2D eigenvalue weighted by Crippen LogP contribution is 2.45. The van der Waals surface area contributed by atoms with Gasteiger partial charge in [-0.3, -0.25) is 4.79 Å². The first-order chi connectivity index (χ1) is 14.0. The minimum atomic E-state index is -1.30. The Hall–Kier alpha value is -2.32. The summed E-state index contributed by atoms with van der Waals surface area (Å²) in [5, 5.41) is 12.9. The summed E-state index contributed by atoms with van der Waals surface area (Å²) in [5.74, 6) is -1.05. The number of hydrogen-bond donors (Lipinski definition) is 2. The van der Waals surface area contributed by atoms with Crippen LogP contribution in [0.4, 0.5) is 10.1 Å². The van der Waals surface area contributed by atoms with Crippen molar-refractivity contribution in [2.24, 2.45) is 5.92 Å². The van der Waals surface area contributed by atoms with Crippen LogP contribution in [0.25, 0.3) is 10.9 Å². The number of methoxy groups -OCH3 is 1. The summed E-state index contributed by atoms with van der Waals surface area (Å²) >= 11 is 0. The molecule has 2 atom stereocenters. The number of carboxylic acid groups (broad SMARTS) is 1. The van der Waals surface area contributed by atoms with Gasteiger partial charge in [-0.05, 0) is 37.7 Å². The monoisotopic (exact) mass is 437 g/mol. The zero-order chi connectivity index (χ0) is 20.3. The topological polar surface area (TPSA) is 83.8 Å². The van der Waals surface area contributed by atoms with Crippen LogP contribution in [0.1, 0.15) is 42.1 Å². The molecule has 0 spiro atoms. The van der Waals surface area contributed by atoms with Gasteiger partial charge < -0.3 is 24.6 Å². The normalized spacial score (nSPS) is 23.2. The maximum Gasteiger partial charge on any atom is 0.341 e. The van der Waals surface area contributed by atoms with Crippen molar-refractivity contribution in [1.29, 1.82) is 0 Å². The fourth-order valence-electron chi connectivity index (χ4n) is 5.04. The van der Waals surface area contributed by atoms with E-state index in [0.717, 1.165) is 45.3 Å². The Morgan fingerprint density at radius 1 is 1.30 bits per heavy atom. The van der Waals surface area contributed by atoms with Gasteiger partial charge in [-0.2, -0.15) is 0 Å². The van der Waals surface area contributed by atoms with E-state index in [-0.39, 0.29) is 35.4 Å². The second-order valence-corrected chi connectivity index (χ2v) is 8.27. The molecule has 1 saturated carbocycles. The lowest BCUT2D eigenvalue weighted by Crippen LogP contribution is -2.45. The fraction of sp³-hybridized carbons (Fsp3) is 0.524. The molecule has 0 unspecified atom stereocenters. The minimum Gasteiger partial charge on any atom is -0.492 e. The van der Waals surface area contributed by atoms with Gasteiger partial charge in [0.1, 0.15) is 11.3 Å². The molecule has 2 N–H and O–H groups in total. The Balaban J connectivity index is 0.00000218. The lowest BCUT2D eigenvalue weighted by Gasteiger charge is -2.39. The Labute approximate surface area is 179 Å². The molecule has 1 aromatic carbocycles. The number of aromatic nitrogens is 1. The third-order valence-corrected chi connectivity index (χ3v) is 6.54. The van der Waals surface area contributed by atoms with Crippen LogP contribution in [-0.4, -0.2) is 48.4 Å². The Morgan fingerprint density at radius 2 is 2.07 bits per heavy atom. The van der Waals surface area contributed by atoms with Gasteiger partial charge in [0, 0.05) is 37.9 Å².